The van der Waals surface area contributed by atoms with Gasteiger partial charge in [0, 0.05) is 12.1 Å². The number of allylic oxidation sites excluding steroid dienone is 3. The lowest BCUT2D eigenvalue weighted by molar-refractivity contribution is -0.139. The Labute approximate surface area is 135 Å². The van der Waals surface area contributed by atoms with Crippen molar-refractivity contribution in [2.45, 2.75) is 46.6 Å². The molecule has 1 aliphatic carbocycles. The van der Waals surface area contributed by atoms with Gasteiger partial charge in [0.15, 0.2) is 5.75 Å². The average Bonchev–Trinajstić information content (AvgIpc) is 2.47. The number of rotatable bonds is 4. The second kappa shape index (κ2) is 6.86. The predicted octanol–water partition coefficient (Wildman–Crippen LogP) is 3.47. The van der Waals surface area contributed by atoms with E-state index in [2.05, 4.69) is 20.8 Å². The molecule has 1 N–H and O–H groups in total. The van der Waals surface area contributed by atoms with Gasteiger partial charge >= 0.3 is 5.97 Å². The third-order valence-corrected chi connectivity index (χ3v) is 4.15. The van der Waals surface area contributed by atoms with Gasteiger partial charge in [-0.15, -0.1) is 0 Å². The van der Waals surface area contributed by atoms with Crippen molar-refractivity contribution < 1.29 is 19.1 Å². The maximum Gasteiger partial charge on any atom is 0.331 e. The molecule has 0 unspecified atom stereocenters. The minimum atomic E-state index is -0.567. The van der Waals surface area contributed by atoms with Crippen LogP contribution in [0.3, 0.4) is 0 Å². The van der Waals surface area contributed by atoms with E-state index < -0.39 is 17.1 Å². The first kappa shape index (κ1) is 17.1. The van der Waals surface area contributed by atoms with Crippen molar-refractivity contribution in [3.05, 3.63) is 51.6 Å². The van der Waals surface area contributed by atoms with E-state index in [0.717, 1.165) is 25.2 Å². The molecule has 0 atom stereocenters. The fourth-order valence-corrected chi connectivity index (χ4v) is 2.87. The van der Waals surface area contributed by atoms with Crippen molar-refractivity contribution >= 4 is 5.97 Å². The SMILES string of the molecule is CC1=C(C=CC(=O)OCc2cc(=O)c(O)co2)C(C)(C)CCC1. The summed E-state index contributed by atoms with van der Waals surface area (Å²) in [5.74, 6) is -0.785. The first-order valence-electron chi connectivity index (χ1n) is 7.65. The third-order valence-electron chi connectivity index (χ3n) is 4.15. The van der Waals surface area contributed by atoms with Gasteiger partial charge in [0.1, 0.15) is 18.6 Å². The van der Waals surface area contributed by atoms with Crippen LogP contribution in [0.5, 0.6) is 5.75 Å². The monoisotopic (exact) mass is 318 g/mol. The second-order valence-electron chi connectivity index (χ2n) is 6.47. The van der Waals surface area contributed by atoms with E-state index >= 15 is 0 Å². The van der Waals surface area contributed by atoms with Crippen molar-refractivity contribution in [3.63, 3.8) is 0 Å². The van der Waals surface area contributed by atoms with Crippen molar-refractivity contribution in [2.75, 3.05) is 0 Å². The minimum Gasteiger partial charge on any atom is -0.502 e. The summed E-state index contributed by atoms with van der Waals surface area (Å²) >= 11 is 0. The molecule has 0 amide bonds. The number of carbonyl (C=O) groups is 1. The highest BCUT2D eigenvalue weighted by Crippen LogP contribution is 2.40. The van der Waals surface area contributed by atoms with Crippen LogP contribution in [0.25, 0.3) is 0 Å². The van der Waals surface area contributed by atoms with Crippen LogP contribution in [0.4, 0.5) is 0 Å². The Balaban J connectivity index is 1.99. The minimum absolute atomic E-state index is 0.0584. The zero-order valence-electron chi connectivity index (χ0n) is 13.7. The Hall–Kier alpha value is -2.30. The summed E-state index contributed by atoms with van der Waals surface area (Å²) in [4.78, 5) is 23.1. The molecule has 5 heteroatoms. The maximum atomic E-state index is 11.8. The zero-order chi connectivity index (χ0) is 17.0. The molecule has 0 aliphatic heterocycles. The molecule has 5 nitrogen and oxygen atoms in total. The third kappa shape index (κ3) is 4.34. The molecular weight excluding hydrogens is 296 g/mol. The van der Waals surface area contributed by atoms with Crippen molar-refractivity contribution in [2.24, 2.45) is 5.41 Å². The Morgan fingerprint density at radius 1 is 1.48 bits per heavy atom. The van der Waals surface area contributed by atoms with Gasteiger partial charge in [0.25, 0.3) is 0 Å². The highest BCUT2D eigenvalue weighted by Gasteiger charge is 2.26. The Morgan fingerprint density at radius 2 is 2.22 bits per heavy atom. The molecular formula is C18H22O5. The number of aromatic hydroxyl groups is 1. The normalized spacial score (nSPS) is 17.5. The van der Waals surface area contributed by atoms with Gasteiger partial charge < -0.3 is 14.3 Å². The largest absolute Gasteiger partial charge is 0.502 e. The first-order chi connectivity index (χ1) is 10.8. The lowest BCUT2D eigenvalue weighted by Crippen LogP contribution is -2.19. The van der Waals surface area contributed by atoms with E-state index in [1.165, 1.54) is 23.6 Å². The molecule has 1 aromatic rings. The Morgan fingerprint density at radius 3 is 2.87 bits per heavy atom. The molecule has 0 saturated heterocycles. The van der Waals surface area contributed by atoms with Crippen LogP contribution < -0.4 is 5.43 Å². The molecule has 2 rings (SSSR count). The predicted molar refractivity (Wildman–Crippen MR) is 85.9 cm³/mol. The molecule has 0 aromatic carbocycles. The van der Waals surface area contributed by atoms with E-state index in [-0.39, 0.29) is 17.8 Å². The summed E-state index contributed by atoms with van der Waals surface area (Å²) in [6.45, 7) is 6.29. The molecule has 0 fully saturated rings. The van der Waals surface area contributed by atoms with E-state index in [0.29, 0.717) is 0 Å². The van der Waals surface area contributed by atoms with Crippen molar-refractivity contribution in [3.8, 4) is 5.75 Å². The van der Waals surface area contributed by atoms with E-state index in [1.54, 1.807) is 0 Å². The van der Waals surface area contributed by atoms with Crippen LogP contribution in [-0.4, -0.2) is 11.1 Å². The van der Waals surface area contributed by atoms with Gasteiger partial charge in [-0.05, 0) is 37.2 Å². The quantitative estimate of drug-likeness (QED) is 0.679. The van der Waals surface area contributed by atoms with Gasteiger partial charge in [0.05, 0.1) is 0 Å². The number of hydrogen-bond donors (Lipinski definition) is 1. The molecule has 0 spiro atoms. The van der Waals surface area contributed by atoms with Crippen LogP contribution in [0, 0.1) is 5.41 Å². The van der Waals surface area contributed by atoms with Crippen LogP contribution in [0.1, 0.15) is 45.8 Å². The number of esters is 1. The number of carbonyl (C=O) groups excluding carboxylic acids is 1. The summed E-state index contributed by atoms with van der Waals surface area (Å²) in [5.41, 5.74) is 1.97. The molecule has 1 aromatic heterocycles. The van der Waals surface area contributed by atoms with Crippen LogP contribution in [0.15, 0.2) is 44.8 Å². The highest BCUT2D eigenvalue weighted by atomic mass is 16.5. The molecule has 0 radical (unpaired) electrons. The van der Waals surface area contributed by atoms with Crippen LogP contribution in [-0.2, 0) is 16.1 Å². The fraction of sp³-hybridized carbons (Fsp3) is 0.444. The molecule has 1 aliphatic rings. The number of ether oxygens (including phenoxy) is 1. The molecule has 124 valence electrons. The summed E-state index contributed by atoms with van der Waals surface area (Å²) < 4.78 is 10.0. The summed E-state index contributed by atoms with van der Waals surface area (Å²) in [5, 5.41) is 9.09. The fourth-order valence-electron chi connectivity index (χ4n) is 2.87. The Kier molecular flexibility index (Phi) is 5.08. The Bertz CT molecular complexity index is 706. The molecule has 23 heavy (non-hydrogen) atoms. The van der Waals surface area contributed by atoms with Gasteiger partial charge in [-0.3, -0.25) is 4.79 Å². The highest BCUT2D eigenvalue weighted by molar-refractivity contribution is 5.82. The summed E-state index contributed by atoms with van der Waals surface area (Å²) in [7, 11) is 0. The second-order valence-corrected chi connectivity index (χ2v) is 6.47. The maximum absolute atomic E-state index is 11.8. The van der Waals surface area contributed by atoms with E-state index in [4.69, 9.17) is 14.3 Å². The van der Waals surface area contributed by atoms with Crippen molar-refractivity contribution in [1.29, 1.82) is 0 Å². The van der Waals surface area contributed by atoms with Gasteiger partial charge in [-0.2, -0.15) is 0 Å². The van der Waals surface area contributed by atoms with Gasteiger partial charge in [-0.25, -0.2) is 4.79 Å². The first-order valence-corrected chi connectivity index (χ1v) is 7.65. The molecule has 0 saturated carbocycles. The van der Waals surface area contributed by atoms with E-state index in [9.17, 15) is 9.59 Å². The number of hydrogen-bond acceptors (Lipinski definition) is 5. The standard InChI is InChI=1S/C18H22O5/c1-12-5-4-8-18(2,3)14(12)6-7-17(21)23-10-13-9-15(19)16(20)11-22-13/h6-7,9,11,20H,4-5,8,10H2,1-3H3. The lowest BCUT2D eigenvalue weighted by Gasteiger charge is -2.32. The average molecular weight is 318 g/mol. The van der Waals surface area contributed by atoms with Crippen molar-refractivity contribution in [1.82, 2.24) is 0 Å². The van der Waals surface area contributed by atoms with Crippen LogP contribution in [0.2, 0.25) is 0 Å². The summed E-state index contributed by atoms with van der Waals surface area (Å²) in [6, 6.07) is 1.10. The van der Waals surface area contributed by atoms with Crippen LogP contribution >= 0.6 is 0 Å². The smallest absolute Gasteiger partial charge is 0.331 e. The zero-order valence-corrected chi connectivity index (χ0v) is 13.7. The molecule has 0 bridgehead atoms. The van der Waals surface area contributed by atoms with E-state index in [1.807, 2.05) is 6.08 Å². The topological polar surface area (TPSA) is 76.7 Å². The van der Waals surface area contributed by atoms with Gasteiger partial charge in [0.2, 0.25) is 5.43 Å². The lowest BCUT2D eigenvalue weighted by atomic mass is 9.73. The summed E-state index contributed by atoms with van der Waals surface area (Å²) in [6.07, 6.45) is 7.48. The molecule has 1 heterocycles. The van der Waals surface area contributed by atoms with Gasteiger partial charge in [-0.1, -0.05) is 25.5 Å².